The second-order valence-electron chi connectivity index (χ2n) is 3.88. The van der Waals surface area contributed by atoms with Crippen LogP contribution in [-0.2, 0) is 0 Å². The molecule has 17 heavy (non-hydrogen) atoms. The van der Waals surface area contributed by atoms with Gasteiger partial charge in [0.1, 0.15) is 5.75 Å². The molecule has 0 radical (unpaired) electrons. The zero-order valence-corrected chi connectivity index (χ0v) is 10.3. The molecule has 0 amide bonds. The fourth-order valence-electron chi connectivity index (χ4n) is 1.89. The molecular weight excluding hydrogens is 228 g/mol. The third-order valence-electron chi connectivity index (χ3n) is 2.78. The van der Waals surface area contributed by atoms with Crippen LogP contribution < -0.4 is 4.74 Å². The standard InChI is InChI=1S/C15H12OS/c1-16-13-7-8-14-12(9-13)10-15(17-14)11-5-3-2-4-6-11/h2-10H,1H3. The average molecular weight is 240 g/mol. The summed E-state index contributed by atoms with van der Waals surface area (Å²) in [6.07, 6.45) is 0. The maximum absolute atomic E-state index is 5.24. The molecule has 84 valence electrons. The van der Waals surface area contributed by atoms with E-state index in [2.05, 4.69) is 42.5 Å². The van der Waals surface area contributed by atoms with Crippen LogP contribution in [0.15, 0.2) is 54.6 Å². The van der Waals surface area contributed by atoms with Crippen molar-refractivity contribution in [3.63, 3.8) is 0 Å². The molecule has 0 saturated carbocycles. The van der Waals surface area contributed by atoms with Crippen LogP contribution in [0.3, 0.4) is 0 Å². The highest BCUT2D eigenvalue weighted by Gasteiger charge is 2.04. The van der Waals surface area contributed by atoms with Gasteiger partial charge in [0.2, 0.25) is 0 Å². The second-order valence-corrected chi connectivity index (χ2v) is 4.96. The van der Waals surface area contributed by atoms with Crippen molar-refractivity contribution in [1.29, 1.82) is 0 Å². The molecule has 0 aliphatic heterocycles. The Morgan fingerprint density at radius 3 is 2.53 bits per heavy atom. The van der Waals surface area contributed by atoms with Gasteiger partial charge in [-0.05, 0) is 35.2 Å². The van der Waals surface area contributed by atoms with Gasteiger partial charge in [0, 0.05) is 9.58 Å². The summed E-state index contributed by atoms with van der Waals surface area (Å²) in [5.41, 5.74) is 1.27. The first kappa shape index (κ1) is 10.4. The van der Waals surface area contributed by atoms with Gasteiger partial charge < -0.3 is 4.74 Å². The predicted octanol–water partition coefficient (Wildman–Crippen LogP) is 4.58. The molecule has 3 rings (SSSR count). The summed E-state index contributed by atoms with van der Waals surface area (Å²) in [5.74, 6) is 0.912. The summed E-state index contributed by atoms with van der Waals surface area (Å²) in [6.45, 7) is 0. The van der Waals surface area contributed by atoms with Crippen molar-refractivity contribution in [2.24, 2.45) is 0 Å². The predicted molar refractivity (Wildman–Crippen MR) is 73.8 cm³/mol. The lowest BCUT2D eigenvalue weighted by Crippen LogP contribution is -1.79. The fraction of sp³-hybridized carbons (Fsp3) is 0.0667. The quantitative estimate of drug-likeness (QED) is 0.637. The van der Waals surface area contributed by atoms with Crippen LogP contribution >= 0.6 is 11.3 Å². The molecular formula is C15H12OS. The minimum Gasteiger partial charge on any atom is -0.497 e. The van der Waals surface area contributed by atoms with E-state index < -0.39 is 0 Å². The Morgan fingerprint density at radius 2 is 1.76 bits per heavy atom. The number of rotatable bonds is 2. The minimum atomic E-state index is 0.912. The summed E-state index contributed by atoms with van der Waals surface area (Å²) >= 11 is 1.81. The van der Waals surface area contributed by atoms with Crippen LogP contribution in [0.5, 0.6) is 5.75 Å². The molecule has 1 heterocycles. The summed E-state index contributed by atoms with van der Waals surface area (Å²) in [4.78, 5) is 1.30. The first-order chi connectivity index (χ1) is 8.36. The summed E-state index contributed by atoms with van der Waals surface area (Å²) < 4.78 is 6.54. The van der Waals surface area contributed by atoms with Gasteiger partial charge in [-0.25, -0.2) is 0 Å². The van der Waals surface area contributed by atoms with Crippen LogP contribution in [0.25, 0.3) is 20.5 Å². The summed E-state index contributed by atoms with van der Waals surface area (Å²) in [6, 6.07) is 18.9. The molecule has 0 aliphatic carbocycles. The summed E-state index contributed by atoms with van der Waals surface area (Å²) in [7, 11) is 1.70. The second kappa shape index (κ2) is 4.22. The molecule has 2 aromatic carbocycles. The van der Waals surface area contributed by atoms with Gasteiger partial charge in [-0.1, -0.05) is 30.3 Å². The Labute approximate surface area is 104 Å². The Balaban J connectivity index is 2.14. The Hall–Kier alpha value is -1.80. The van der Waals surface area contributed by atoms with Crippen molar-refractivity contribution >= 4 is 21.4 Å². The number of thiophene rings is 1. The lowest BCUT2D eigenvalue weighted by Gasteiger charge is -1.97. The van der Waals surface area contributed by atoms with E-state index in [1.54, 1.807) is 7.11 Å². The number of benzene rings is 2. The Bertz CT molecular complexity index is 640. The third kappa shape index (κ3) is 1.92. The third-order valence-corrected chi connectivity index (χ3v) is 3.95. The average Bonchev–Trinajstić information content (AvgIpc) is 2.82. The highest BCUT2D eigenvalue weighted by atomic mass is 32.1. The van der Waals surface area contributed by atoms with Gasteiger partial charge in [0.25, 0.3) is 0 Å². The summed E-state index contributed by atoms with van der Waals surface area (Å²) in [5, 5.41) is 1.24. The van der Waals surface area contributed by atoms with Crippen molar-refractivity contribution in [2.45, 2.75) is 0 Å². The number of hydrogen-bond acceptors (Lipinski definition) is 2. The maximum atomic E-state index is 5.24. The zero-order chi connectivity index (χ0) is 11.7. The Kier molecular flexibility index (Phi) is 2.57. The van der Waals surface area contributed by atoms with Crippen molar-refractivity contribution in [2.75, 3.05) is 7.11 Å². The van der Waals surface area contributed by atoms with Gasteiger partial charge in [-0.15, -0.1) is 11.3 Å². The molecule has 1 nitrogen and oxygen atoms in total. The van der Waals surface area contributed by atoms with Crippen LogP contribution in [0.4, 0.5) is 0 Å². The number of hydrogen-bond donors (Lipinski definition) is 0. The van der Waals surface area contributed by atoms with E-state index in [-0.39, 0.29) is 0 Å². The number of methoxy groups -OCH3 is 1. The number of ether oxygens (including phenoxy) is 1. The lowest BCUT2D eigenvalue weighted by atomic mass is 10.1. The van der Waals surface area contributed by atoms with E-state index in [1.165, 1.54) is 20.5 Å². The van der Waals surface area contributed by atoms with Gasteiger partial charge in [0.15, 0.2) is 0 Å². The molecule has 0 unspecified atom stereocenters. The van der Waals surface area contributed by atoms with Gasteiger partial charge >= 0.3 is 0 Å². The molecule has 0 atom stereocenters. The molecule has 3 aromatic rings. The van der Waals surface area contributed by atoms with E-state index in [0.717, 1.165) is 5.75 Å². The molecule has 0 fully saturated rings. The molecule has 0 aliphatic rings. The monoisotopic (exact) mass is 240 g/mol. The fourth-order valence-corrected chi connectivity index (χ4v) is 2.94. The van der Waals surface area contributed by atoms with E-state index in [0.29, 0.717) is 0 Å². The topological polar surface area (TPSA) is 9.23 Å². The van der Waals surface area contributed by atoms with Crippen LogP contribution in [0.2, 0.25) is 0 Å². The van der Waals surface area contributed by atoms with Crippen molar-refractivity contribution in [3.8, 4) is 16.2 Å². The van der Waals surface area contributed by atoms with E-state index in [4.69, 9.17) is 4.74 Å². The Morgan fingerprint density at radius 1 is 0.941 bits per heavy atom. The largest absolute Gasteiger partial charge is 0.497 e. The molecule has 1 aromatic heterocycles. The lowest BCUT2D eigenvalue weighted by molar-refractivity contribution is 0.415. The van der Waals surface area contributed by atoms with Crippen molar-refractivity contribution in [3.05, 3.63) is 54.6 Å². The van der Waals surface area contributed by atoms with Gasteiger partial charge in [0.05, 0.1) is 7.11 Å². The van der Waals surface area contributed by atoms with Gasteiger partial charge in [-0.2, -0.15) is 0 Å². The van der Waals surface area contributed by atoms with Crippen LogP contribution in [-0.4, -0.2) is 7.11 Å². The molecule has 2 heteroatoms. The van der Waals surface area contributed by atoms with E-state index in [1.807, 2.05) is 23.5 Å². The van der Waals surface area contributed by atoms with Crippen LogP contribution in [0.1, 0.15) is 0 Å². The van der Waals surface area contributed by atoms with E-state index >= 15 is 0 Å². The first-order valence-corrected chi connectivity index (χ1v) is 6.31. The van der Waals surface area contributed by atoms with Gasteiger partial charge in [-0.3, -0.25) is 0 Å². The minimum absolute atomic E-state index is 0.912. The van der Waals surface area contributed by atoms with E-state index in [9.17, 15) is 0 Å². The highest BCUT2D eigenvalue weighted by molar-refractivity contribution is 7.22. The normalized spacial score (nSPS) is 10.6. The zero-order valence-electron chi connectivity index (χ0n) is 9.51. The van der Waals surface area contributed by atoms with Crippen LogP contribution in [0, 0.1) is 0 Å². The highest BCUT2D eigenvalue weighted by Crippen LogP contribution is 2.34. The maximum Gasteiger partial charge on any atom is 0.119 e. The SMILES string of the molecule is COc1ccc2sc(-c3ccccc3)cc2c1. The van der Waals surface area contributed by atoms with Crippen molar-refractivity contribution < 1.29 is 4.74 Å². The smallest absolute Gasteiger partial charge is 0.119 e. The number of fused-ring (bicyclic) bond motifs is 1. The molecule has 0 bridgehead atoms. The first-order valence-electron chi connectivity index (χ1n) is 5.50. The van der Waals surface area contributed by atoms with Crippen molar-refractivity contribution in [1.82, 2.24) is 0 Å². The molecule has 0 spiro atoms. The molecule has 0 N–H and O–H groups in total. The molecule has 0 saturated heterocycles.